The van der Waals surface area contributed by atoms with Crippen molar-refractivity contribution in [3.05, 3.63) is 64.7 Å². The number of carbonyl (C=O) groups excluding carboxylic acids is 2. The highest BCUT2D eigenvalue weighted by atomic mass is 35.5. The molecule has 0 atom stereocenters. The molecule has 2 amide bonds. The number of nitrogens with zero attached hydrogens (tertiary/aromatic N) is 2. The second kappa shape index (κ2) is 10.9. The summed E-state index contributed by atoms with van der Waals surface area (Å²) in [4.78, 5) is 28.7. The van der Waals surface area contributed by atoms with E-state index < -0.39 is 0 Å². The van der Waals surface area contributed by atoms with E-state index in [0.717, 1.165) is 11.1 Å². The minimum Gasteiger partial charge on any atom is -0.493 e. The Hall–Kier alpha value is -2.99. The molecular formula is C24H27ClN2O4. The van der Waals surface area contributed by atoms with E-state index in [1.807, 2.05) is 37.3 Å². The molecule has 0 bridgehead atoms. The zero-order valence-corrected chi connectivity index (χ0v) is 18.6. The van der Waals surface area contributed by atoms with Gasteiger partial charge in [-0.15, -0.1) is 0 Å². The van der Waals surface area contributed by atoms with E-state index in [4.69, 9.17) is 21.1 Å². The molecule has 164 valence electrons. The Morgan fingerprint density at radius 3 is 2.32 bits per heavy atom. The van der Waals surface area contributed by atoms with Crippen LogP contribution >= 0.6 is 11.6 Å². The minimum absolute atomic E-state index is 0.0617. The summed E-state index contributed by atoms with van der Waals surface area (Å²) in [6.07, 6.45) is 3.66. The third-order valence-electron chi connectivity index (χ3n) is 5.12. The number of amides is 2. The maximum Gasteiger partial charge on any atom is 0.246 e. The minimum atomic E-state index is -0.0708. The molecule has 6 nitrogen and oxygen atoms in total. The summed E-state index contributed by atoms with van der Waals surface area (Å²) in [5.74, 6) is 1.29. The van der Waals surface area contributed by atoms with Crippen LogP contribution in [-0.4, -0.2) is 61.5 Å². The number of ether oxygens (including phenoxy) is 2. The lowest BCUT2D eigenvalue weighted by Gasteiger charge is -2.34. The van der Waals surface area contributed by atoms with Crippen molar-refractivity contribution < 1.29 is 19.1 Å². The summed E-state index contributed by atoms with van der Waals surface area (Å²) < 4.78 is 10.9. The van der Waals surface area contributed by atoms with E-state index in [2.05, 4.69) is 0 Å². The molecule has 0 spiro atoms. The molecule has 0 N–H and O–H groups in total. The summed E-state index contributed by atoms with van der Waals surface area (Å²) >= 11 is 5.89. The third kappa shape index (κ3) is 6.25. The van der Waals surface area contributed by atoms with Gasteiger partial charge in [0.15, 0.2) is 11.5 Å². The Morgan fingerprint density at radius 1 is 1.00 bits per heavy atom. The highest BCUT2D eigenvalue weighted by molar-refractivity contribution is 6.30. The first kappa shape index (κ1) is 22.7. The van der Waals surface area contributed by atoms with Crippen LogP contribution in [0.3, 0.4) is 0 Å². The van der Waals surface area contributed by atoms with Gasteiger partial charge in [-0.25, -0.2) is 0 Å². The Kier molecular flexibility index (Phi) is 7.95. The average molecular weight is 443 g/mol. The molecule has 0 aromatic heterocycles. The average Bonchev–Trinajstić information content (AvgIpc) is 2.79. The van der Waals surface area contributed by atoms with Gasteiger partial charge >= 0.3 is 0 Å². The third-order valence-corrected chi connectivity index (χ3v) is 5.37. The van der Waals surface area contributed by atoms with Gasteiger partial charge in [-0.3, -0.25) is 9.59 Å². The summed E-state index contributed by atoms with van der Waals surface area (Å²) in [7, 11) is 1.59. The van der Waals surface area contributed by atoms with Crippen LogP contribution in [0.4, 0.5) is 0 Å². The van der Waals surface area contributed by atoms with Crippen LogP contribution in [0, 0.1) is 0 Å². The molecule has 0 radical (unpaired) electrons. The van der Waals surface area contributed by atoms with Crippen molar-refractivity contribution in [3.63, 3.8) is 0 Å². The van der Waals surface area contributed by atoms with Crippen LogP contribution in [0.25, 0.3) is 6.08 Å². The van der Waals surface area contributed by atoms with Crippen molar-refractivity contribution in [2.75, 3.05) is 39.9 Å². The van der Waals surface area contributed by atoms with E-state index in [-0.39, 0.29) is 11.8 Å². The maximum absolute atomic E-state index is 12.6. The van der Waals surface area contributed by atoms with Crippen molar-refractivity contribution in [1.82, 2.24) is 9.80 Å². The molecule has 1 heterocycles. The molecule has 0 unspecified atom stereocenters. The monoisotopic (exact) mass is 442 g/mol. The number of rotatable bonds is 7. The molecule has 1 fully saturated rings. The molecule has 7 heteroatoms. The topological polar surface area (TPSA) is 59.1 Å². The number of hydrogen-bond donors (Lipinski definition) is 0. The summed E-state index contributed by atoms with van der Waals surface area (Å²) in [5, 5.41) is 0.653. The molecule has 0 aliphatic carbocycles. The molecule has 2 aromatic carbocycles. The Balaban J connectivity index is 1.52. The lowest BCUT2D eigenvalue weighted by Crippen LogP contribution is -2.50. The number of halogens is 1. The number of hydrogen-bond acceptors (Lipinski definition) is 4. The van der Waals surface area contributed by atoms with Crippen molar-refractivity contribution >= 4 is 29.5 Å². The lowest BCUT2D eigenvalue weighted by atomic mass is 10.1. The molecule has 0 saturated carbocycles. The van der Waals surface area contributed by atoms with E-state index >= 15 is 0 Å². The van der Waals surface area contributed by atoms with Gasteiger partial charge in [0.05, 0.1) is 20.1 Å². The SMILES string of the molecule is CCOc1cc(/C=C/C(=O)N2CCN(C(=O)Cc3ccc(Cl)cc3)CC2)ccc1OC. The van der Waals surface area contributed by atoms with Crippen molar-refractivity contribution in [1.29, 1.82) is 0 Å². The van der Waals surface area contributed by atoms with Gasteiger partial charge in [-0.2, -0.15) is 0 Å². The van der Waals surface area contributed by atoms with Crippen LogP contribution in [0.2, 0.25) is 5.02 Å². The van der Waals surface area contributed by atoms with E-state index in [1.165, 1.54) is 0 Å². The number of methoxy groups -OCH3 is 1. The Labute approximate surface area is 188 Å². The predicted molar refractivity (Wildman–Crippen MR) is 122 cm³/mol. The van der Waals surface area contributed by atoms with Crippen molar-refractivity contribution in [2.45, 2.75) is 13.3 Å². The highest BCUT2D eigenvalue weighted by Gasteiger charge is 2.23. The predicted octanol–water partition coefficient (Wildman–Crippen LogP) is 3.67. The highest BCUT2D eigenvalue weighted by Crippen LogP contribution is 2.28. The summed E-state index contributed by atoms with van der Waals surface area (Å²) in [5.41, 5.74) is 1.79. The molecular weight excluding hydrogens is 416 g/mol. The van der Waals surface area contributed by atoms with Gasteiger partial charge in [0.25, 0.3) is 0 Å². The van der Waals surface area contributed by atoms with Crippen molar-refractivity contribution in [3.8, 4) is 11.5 Å². The smallest absolute Gasteiger partial charge is 0.246 e. The first-order chi connectivity index (χ1) is 15.0. The van der Waals surface area contributed by atoms with Crippen LogP contribution in [-0.2, 0) is 16.0 Å². The zero-order chi connectivity index (χ0) is 22.2. The second-order valence-corrected chi connectivity index (χ2v) is 7.62. The fourth-order valence-corrected chi connectivity index (χ4v) is 3.53. The van der Waals surface area contributed by atoms with Crippen molar-refractivity contribution in [2.24, 2.45) is 0 Å². The summed E-state index contributed by atoms with van der Waals surface area (Å²) in [6.45, 7) is 4.53. The number of benzene rings is 2. The Morgan fingerprint density at radius 2 is 1.68 bits per heavy atom. The Bertz CT molecular complexity index is 935. The quantitative estimate of drug-likeness (QED) is 0.614. The van der Waals surface area contributed by atoms with Gasteiger partial charge in [0.1, 0.15) is 0 Å². The second-order valence-electron chi connectivity index (χ2n) is 7.19. The fourth-order valence-electron chi connectivity index (χ4n) is 3.40. The molecule has 1 saturated heterocycles. The normalized spacial score (nSPS) is 14.0. The molecule has 1 aliphatic rings. The van der Waals surface area contributed by atoms with E-state index in [0.29, 0.717) is 55.7 Å². The molecule has 1 aliphatic heterocycles. The van der Waals surface area contributed by atoms with Crippen LogP contribution < -0.4 is 9.47 Å². The molecule has 2 aromatic rings. The standard InChI is InChI=1S/C24H27ClN2O4/c1-3-31-22-16-18(6-10-21(22)30-2)7-11-23(28)26-12-14-27(15-13-26)24(29)17-19-4-8-20(25)9-5-19/h4-11,16H,3,12-15,17H2,1-2H3/b11-7+. The van der Waals surface area contributed by atoms with Crippen LogP contribution in [0.5, 0.6) is 11.5 Å². The number of piperazine rings is 1. The first-order valence-electron chi connectivity index (χ1n) is 10.3. The largest absolute Gasteiger partial charge is 0.493 e. The van der Waals surface area contributed by atoms with Gasteiger partial charge < -0.3 is 19.3 Å². The van der Waals surface area contributed by atoms with Crippen LogP contribution in [0.1, 0.15) is 18.1 Å². The summed E-state index contributed by atoms with van der Waals surface area (Å²) in [6, 6.07) is 12.8. The van der Waals surface area contributed by atoms with E-state index in [9.17, 15) is 9.59 Å². The maximum atomic E-state index is 12.6. The number of carbonyl (C=O) groups is 2. The first-order valence-corrected chi connectivity index (χ1v) is 10.7. The van der Waals surface area contributed by atoms with E-state index in [1.54, 1.807) is 41.2 Å². The van der Waals surface area contributed by atoms with Gasteiger partial charge in [0, 0.05) is 37.3 Å². The molecule has 31 heavy (non-hydrogen) atoms. The molecule has 3 rings (SSSR count). The van der Waals surface area contributed by atoms with Gasteiger partial charge in [-0.1, -0.05) is 29.8 Å². The fraction of sp³-hybridized carbons (Fsp3) is 0.333. The zero-order valence-electron chi connectivity index (χ0n) is 17.8. The van der Waals surface area contributed by atoms with Gasteiger partial charge in [-0.05, 0) is 48.4 Å². The van der Waals surface area contributed by atoms with Gasteiger partial charge in [0.2, 0.25) is 11.8 Å². The van der Waals surface area contributed by atoms with Crippen LogP contribution in [0.15, 0.2) is 48.5 Å². The lowest BCUT2D eigenvalue weighted by molar-refractivity contribution is -0.136.